The van der Waals surface area contributed by atoms with E-state index in [1.807, 2.05) is 18.2 Å². The second-order valence-electron chi connectivity index (χ2n) is 5.57. The SMILES string of the molecule is Cc1noc(C)c1S(=O)(=O)NCc1ccc2c(c1)CC(=O)N2C. The largest absolute Gasteiger partial charge is 0.360 e. The van der Waals surface area contributed by atoms with Crippen molar-refractivity contribution in [1.29, 1.82) is 0 Å². The summed E-state index contributed by atoms with van der Waals surface area (Å²) in [4.78, 5) is 13.4. The van der Waals surface area contributed by atoms with Gasteiger partial charge >= 0.3 is 0 Å². The van der Waals surface area contributed by atoms with Crippen LogP contribution in [-0.4, -0.2) is 26.5 Å². The third kappa shape index (κ3) is 2.75. The molecule has 1 aliphatic heterocycles. The minimum atomic E-state index is -3.70. The van der Waals surface area contributed by atoms with Crippen molar-refractivity contribution in [3.05, 3.63) is 40.8 Å². The molecule has 2 heterocycles. The van der Waals surface area contributed by atoms with Crippen molar-refractivity contribution in [2.45, 2.75) is 31.7 Å². The third-order valence-corrected chi connectivity index (χ3v) is 5.57. The molecule has 0 radical (unpaired) electrons. The van der Waals surface area contributed by atoms with Gasteiger partial charge in [0.2, 0.25) is 15.9 Å². The molecule has 1 aliphatic rings. The molecule has 0 atom stereocenters. The van der Waals surface area contributed by atoms with Gasteiger partial charge in [-0.2, -0.15) is 0 Å². The Morgan fingerprint density at radius 2 is 2.09 bits per heavy atom. The van der Waals surface area contributed by atoms with Crippen molar-refractivity contribution >= 4 is 21.6 Å². The average Bonchev–Trinajstić information content (AvgIpc) is 2.97. The normalized spacial score (nSPS) is 14.4. The van der Waals surface area contributed by atoms with E-state index in [2.05, 4.69) is 9.88 Å². The molecule has 0 fully saturated rings. The molecule has 1 N–H and O–H groups in total. The summed E-state index contributed by atoms with van der Waals surface area (Å²) in [7, 11) is -1.97. The minimum Gasteiger partial charge on any atom is -0.360 e. The van der Waals surface area contributed by atoms with Crippen molar-refractivity contribution in [3.8, 4) is 0 Å². The zero-order valence-electron chi connectivity index (χ0n) is 13.1. The van der Waals surface area contributed by atoms with Crippen LogP contribution in [0.25, 0.3) is 0 Å². The lowest BCUT2D eigenvalue weighted by molar-refractivity contribution is -0.117. The Kier molecular flexibility index (Phi) is 3.73. The summed E-state index contributed by atoms with van der Waals surface area (Å²) in [5.41, 5.74) is 2.90. The van der Waals surface area contributed by atoms with E-state index in [9.17, 15) is 13.2 Å². The maximum absolute atomic E-state index is 12.4. The van der Waals surface area contributed by atoms with Gasteiger partial charge in [0.15, 0.2) is 5.76 Å². The predicted molar refractivity (Wildman–Crippen MR) is 83.6 cm³/mol. The van der Waals surface area contributed by atoms with Crippen LogP contribution in [0.2, 0.25) is 0 Å². The first kappa shape index (κ1) is 15.7. The van der Waals surface area contributed by atoms with Crippen LogP contribution in [0, 0.1) is 13.8 Å². The van der Waals surface area contributed by atoms with Gasteiger partial charge in [0.1, 0.15) is 10.6 Å². The molecule has 0 unspecified atom stereocenters. The Bertz CT molecular complexity index is 867. The number of likely N-dealkylation sites (N-methyl/N-ethyl adjacent to an activating group) is 1. The highest BCUT2D eigenvalue weighted by Gasteiger charge is 2.26. The standard InChI is InChI=1S/C15H17N3O4S/c1-9-15(10(2)22-17-9)23(20,21)16-8-11-4-5-13-12(6-11)7-14(19)18(13)3/h4-6,16H,7-8H2,1-3H3. The summed E-state index contributed by atoms with van der Waals surface area (Å²) < 4.78 is 32.2. The van der Waals surface area contributed by atoms with E-state index in [0.29, 0.717) is 12.1 Å². The van der Waals surface area contributed by atoms with E-state index in [1.165, 1.54) is 0 Å². The number of hydrogen-bond acceptors (Lipinski definition) is 5. The van der Waals surface area contributed by atoms with Gasteiger partial charge in [0.25, 0.3) is 0 Å². The van der Waals surface area contributed by atoms with E-state index in [0.717, 1.165) is 16.8 Å². The average molecular weight is 335 g/mol. The second kappa shape index (κ2) is 5.47. The molecule has 1 amide bonds. The number of aromatic nitrogens is 1. The zero-order valence-corrected chi connectivity index (χ0v) is 13.9. The molecule has 0 saturated carbocycles. The molecule has 122 valence electrons. The monoisotopic (exact) mass is 335 g/mol. The first-order valence-corrected chi connectivity index (χ1v) is 8.59. The van der Waals surface area contributed by atoms with Crippen LogP contribution in [-0.2, 0) is 27.8 Å². The van der Waals surface area contributed by atoms with Gasteiger partial charge in [-0.3, -0.25) is 4.79 Å². The maximum atomic E-state index is 12.4. The summed E-state index contributed by atoms with van der Waals surface area (Å²) in [5.74, 6) is 0.296. The number of amides is 1. The maximum Gasteiger partial charge on any atom is 0.246 e. The number of sulfonamides is 1. The van der Waals surface area contributed by atoms with Gasteiger partial charge < -0.3 is 9.42 Å². The molecule has 7 nitrogen and oxygen atoms in total. The van der Waals surface area contributed by atoms with Gasteiger partial charge in [0, 0.05) is 19.3 Å². The Morgan fingerprint density at radius 3 is 2.74 bits per heavy atom. The number of anilines is 1. The van der Waals surface area contributed by atoms with Crippen molar-refractivity contribution in [1.82, 2.24) is 9.88 Å². The van der Waals surface area contributed by atoms with E-state index in [1.54, 1.807) is 25.8 Å². The van der Waals surface area contributed by atoms with Crippen LogP contribution >= 0.6 is 0 Å². The molecule has 0 saturated heterocycles. The molecule has 0 bridgehead atoms. The molecule has 1 aromatic heterocycles. The summed E-state index contributed by atoms with van der Waals surface area (Å²) in [6.45, 7) is 3.28. The Morgan fingerprint density at radius 1 is 1.35 bits per heavy atom. The second-order valence-corrected chi connectivity index (χ2v) is 7.27. The molecule has 1 aromatic carbocycles. The topological polar surface area (TPSA) is 92.5 Å². The molecule has 23 heavy (non-hydrogen) atoms. The van der Waals surface area contributed by atoms with Crippen molar-refractivity contribution in [2.24, 2.45) is 0 Å². The van der Waals surface area contributed by atoms with Crippen LogP contribution < -0.4 is 9.62 Å². The van der Waals surface area contributed by atoms with Crippen LogP contribution in [0.4, 0.5) is 5.69 Å². The van der Waals surface area contributed by atoms with Gasteiger partial charge in [-0.15, -0.1) is 0 Å². The smallest absolute Gasteiger partial charge is 0.246 e. The molecular weight excluding hydrogens is 318 g/mol. The van der Waals surface area contributed by atoms with Crippen LogP contribution in [0.3, 0.4) is 0 Å². The quantitative estimate of drug-likeness (QED) is 0.909. The number of benzene rings is 1. The highest BCUT2D eigenvalue weighted by Crippen LogP contribution is 2.28. The van der Waals surface area contributed by atoms with Crippen molar-refractivity contribution < 1.29 is 17.7 Å². The predicted octanol–water partition coefficient (Wildman–Crippen LogP) is 1.29. The zero-order chi connectivity index (χ0) is 16.8. The number of aryl methyl sites for hydroxylation is 2. The lowest BCUT2D eigenvalue weighted by Crippen LogP contribution is -2.24. The van der Waals surface area contributed by atoms with Gasteiger partial charge in [0.05, 0.1) is 6.42 Å². The molecule has 0 aliphatic carbocycles. The molecule has 2 aromatic rings. The van der Waals surface area contributed by atoms with Crippen LogP contribution in [0.1, 0.15) is 22.6 Å². The van der Waals surface area contributed by atoms with Crippen molar-refractivity contribution in [2.75, 3.05) is 11.9 Å². The summed E-state index contributed by atoms with van der Waals surface area (Å²) in [5, 5.41) is 3.66. The number of nitrogens with zero attached hydrogens (tertiary/aromatic N) is 2. The number of hydrogen-bond donors (Lipinski definition) is 1. The molecule has 3 rings (SSSR count). The first-order chi connectivity index (χ1) is 10.8. The van der Waals surface area contributed by atoms with Crippen LogP contribution in [0.15, 0.2) is 27.6 Å². The van der Waals surface area contributed by atoms with Gasteiger partial charge in [-0.1, -0.05) is 17.3 Å². The Hall–Kier alpha value is -2.19. The number of nitrogens with one attached hydrogen (secondary N) is 1. The fraction of sp³-hybridized carbons (Fsp3) is 0.333. The third-order valence-electron chi connectivity index (χ3n) is 3.92. The Labute approximate surface area is 134 Å². The lowest BCUT2D eigenvalue weighted by Gasteiger charge is -2.11. The Balaban J connectivity index is 1.80. The van der Waals surface area contributed by atoms with E-state index in [4.69, 9.17) is 4.52 Å². The summed E-state index contributed by atoms with van der Waals surface area (Å²) in [6, 6.07) is 5.50. The van der Waals surface area contributed by atoms with E-state index in [-0.39, 0.29) is 23.1 Å². The summed E-state index contributed by atoms with van der Waals surface area (Å²) >= 11 is 0. The minimum absolute atomic E-state index is 0.0356. The molecule has 0 spiro atoms. The fourth-order valence-electron chi connectivity index (χ4n) is 2.74. The van der Waals surface area contributed by atoms with E-state index < -0.39 is 10.0 Å². The number of carbonyl (C=O) groups excluding carboxylic acids is 1. The van der Waals surface area contributed by atoms with E-state index >= 15 is 0 Å². The first-order valence-electron chi connectivity index (χ1n) is 7.10. The van der Waals surface area contributed by atoms with Crippen LogP contribution in [0.5, 0.6) is 0 Å². The highest BCUT2D eigenvalue weighted by atomic mass is 32.2. The number of fused-ring (bicyclic) bond motifs is 1. The van der Waals surface area contributed by atoms with Gasteiger partial charge in [-0.05, 0) is 31.0 Å². The summed E-state index contributed by atoms with van der Waals surface area (Å²) in [6.07, 6.45) is 0.344. The van der Waals surface area contributed by atoms with Crippen molar-refractivity contribution in [3.63, 3.8) is 0 Å². The molecule has 8 heteroatoms. The fourth-order valence-corrected chi connectivity index (χ4v) is 4.09. The highest BCUT2D eigenvalue weighted by molar-refractivity contribution is 7.89. The number of rotatable bonds is 4. The number of carbonyl (C=O) groups is 1. The molecular formula is C15H17N3O4S. The lowest BCUT2D eigenvalue weighted by atomic mass is 10.1. The van der Waals surface area contributed by atoms with Gasteiger partial charge in [-0.25, -0.2) is 13.1 Å².